The molecule has 234 valence electrons. The first-order valence-electron chi connectivity index (χ1n) is 13.8. The summed E-state index contributed by atoms with van der Waals surface area (Å²) < 4.78 is 77.1. The summed E-state index contributed by atoms with van der Waals surface area (Å²) in [5, 5.41) is 9.32. The minimum atomic E-state index is -5.04. The molecule has 0 aliphatic carbocycles. The maximum absolute atomic E-state index is 15.8. The summed E-state index contributed by atoms with van der Waals surface area (Å²) in [5.74, 6) is -2.49. The Balaban J connectivity index is 1.73. The highest BCUT2D eigenvalue weighted by molar-refractivity contribution is 7.99. The largest absolute Gasteiger partial charge is 0.417 e. The molecule has 0 spiro atoms. The number of nitrogen functional groups attached to an aromatic ring is 1. The number of hydrogen-bond acceptors (Lipinski definition) is 8. The summed E-state index contributed by atoms with van der Waals surface area (Å²) in [6, 6.07) is 1.86. The molecule has 45 heavy (non-hydrogen) atoms. The fraction of sp³-hybridized carbons (Fsp3) is 0.333. The molecule has 2 aromatic heterocycles. The SMILES string of the molecule is C=CC(=O)N1[C@H](C)CN(c2nc(=O)n3c4c(c(-c5c(F)cc(F)c6sc(N)c(C#N)c56)c(C(F)(F)F)cc24)SCC3C)C[C@@H]1C. The third-order valence-corrected chi connectivity index (χ3v) is 10.6. The molecule has 6 rings (SSSR count). The molecule has 1 saturated heterocycles. The van der Waals surface area contributed by atoms with Crippen LogP contribution in [0.25, 0.3) is 32.1 Å². The maximum atomic E-state index is 15.8. The fourth-order valence-electron chi connectivity index (χ4n) is 6.51. The molecular weight excluding hydrogens is 635 g/mol. The number of alkyl halides is 3. The summed E-state index contributed by atoms with van der Waals surface area (Å²) >= 11 is 1.66. The minimum Gasteiger partial charge on any atom is -0.389 e. The van der Waals surface area contributed by atoms with Crippen molar-refractivity contribution in [2.75, 3.05) is 29.5 Å². The Morgan fingerprint density at radius 2 is 1.80 bits per heavy atom. The van der Waals surface area contributed by atoms with Gasteiger partial charge in [-0.3, -0.25) is 9.36 Å². The third-order valence-electron chi connectivity index (χ3n) is 8.26. The number of halogens is 5. The van der Waals surface area contributed by atoms with Crippen LogP contribution in [-0.4, -0.2) is 51.3 Å². The Labute approximate surface area is 261 Å². The highest BCUT2D eigenvalue weighted by Gasteiger charge is 2.41. The van der Waals surface area contributed by atoms with Crippen LogP contribution >= 0.6 is 23.1 Å². The first-order chi connectivity index (χ1) is 21.2. The van der Waals surface area contributed by atoms with E-state index in [9.17, 15) is 19.2 Å². The van der Waals surface area contributed by atoms with Gasteiger partial charge in [0.05, 0.1) is 21.3 Å². The van der Waals surface area contributed by atoms with Crippen LogP contribution in [0.5, 0.6) is 0 Å². The van der Waals surface area contributed by atoms with Gasteiger partial charge in [-0.15, -0.1) is 23.1 Å². The fourth-order valence-corrected chi connectivity index (χ4v) is 8.70. The predicted molar refractivity (Wildman–Crippen MR) is 164 cm³/mol. The first-order valence-corrected chi connectivity index (χ1v) is 15.6. The number of rotatable bonds is 3. The lowest BCUT2D eigenvalue weighted by Crippen LogP contribution is -2.58. The highest BCUT2D eigenvalue weighted by Crippen LogP contribution is 2.53. The van der Waals surface area contributed by atoms with Gasteiger partial charge in [0.15, 0.2) is 0 Å². The van der Waals surface area contributed by atoms with E-state index in [1.807, 2.05) is 0 Å². The molecule has 0 radical (unpaired) electrons. The number of fused-ring (bicyclic) bond motifs is 1. The average Bonchev–Trinajstić information content (AvgIpc) is 3.30. The standard InChI is InChI=1S/C30H25F5N6O2S2/c1-5-20(42)40-12(2)9-39(10-13(40)3)28-15-6-17(30(33,34)35)22(26-24(15)41(29(43)38-28)14(4)11-44-26)23-18(31)7-19(32)25-21(23)16(8-36)27(37)45-25/h5-7,12-14H,1,9-11,37H2,2-4H3/t12-,13+,14?. The van der Waals surface area contributed by atoms with Crippen LogP contribution in [0.15, 0.2) is 34.5 Å². The number of amides is 1. The van der Waals surface area contributed by atoms with Gasteiger partial charge in [-0.1, -0.05) is 6.58 Å². The number of hydrogen-bond donors (Lipinski definition) is 1. The van der Waals surface area contributed by atoms with Crippen molar-refractivity contribution in [2.45, 2.75) is 50.0 Å². The number of nitrogens with two attached hydrogens (primary N) is 1. The second-order valence-electron chi connectivity index (χ2n) is 11.2. The summed E-state index contributed by atoms with van der Waals surface area (Å²) in [6.07, 6.45) is -3.85. The highest BCUT2D eigenvalue weighted by atomic mass is 32.2. The van der Waals surface area contributed by atoms with Crippen molar-refractivity contribution in [3.05, 3.63) is 58.0 Å². The molecule has 2 N–H and O–H groups in total. The van der Waals surface area contributed by atoms with Gasteiger partial charge in [-0.25, -0.2) is 13.6 Å². The van der Waals surface area contributed by atoms with E-state index >= 15 is 17.6 Å². The van der Waals surface area contributed by atoms with Crippen LogP contribution in [0.1, 0.15) is 37.9 Å². The summed E-state index contributed by atoms with van der Waals surface area (Å²) in [5.41, 5.74) is 2.58. The Hall–Kier alpha value is -4.16. The Kier molecular flexibility index (Phi) is 7.36. The van der Waals surface area contributed by atoms with Crippen LogP contribution in [0.2, 0.25) is 0 Å². The molecule has 0 saturated carbocycles. The number of nitriles is 1. The van der Waals surface area contributed by atoms with Gasteiger partial charge in [0, 0.05) is 69.8 Å². The molecular formula is C30H25F5N6O2S2. The van der Waals surface area contributed by atoms with Gasteiger partial charge in [-0.05, 0) is 32.9 Å². The van der Waals surface area contributed by atoms with Crippen molar-refractivity contribution < 1.29 is 26.7 Å². The van der Waals surface area contributed by atoms with Crippen LogP contribution in [-0.2, 0) is 11.0 Å². The topological polar surface area (TPSA) is 108 Å². The van der Waals surface area contributed by atoms with Gasteiger partial charge in [-0.2, -0.15) is 23.4 Å². The molecule has 4 heterocycles. The zero-order chi connectivity index (χ0) is 32.7. The Bertz CT molecular complexity index is 2040. The second-order valence-corrected chi connectivity index (χ2v) is 13.3. The van der Waals surface area contributed by atoms with E-state index in [1.165, 1.54) is 10.6 Å². The molecule has 2 aliphatic rings. The number of thiophene rings is 1. The van der Waals surface area contributed by atoms with E-state index in [2.05, 4.69) is 11.6 Å². The number of aromatic nitrogens is 2. The monoisotopic (exact) mass is 660 g/mol. The molecule has 8 nitrogen and oxygen atoms in total. The quantitative estimate of drug-likeness (QED) is 0.203. The molecule has 2 aliphatic heterocycles. The number of benzene rings is 2. The zero-order valence-corrected chi connectivity index (χ0v) is 25.8. The third kappa shape index (κ3) is 4.64. The molecule has 1 amide bonds. The van der Waals surface area contributed by atoms with Crippen LogP contribution < -0.4 is 16.3 Å². The number of carbonyl (C=O) groups is 1. The van der Waals surface area contributed by atoms with Crippen molar-refractivity contribution in [3.63, 3.8) is 0 Å². The van der Waals surface area contributed by atoms with E-state index in [4.69, 9.17) is 5.73 Å². The summed E-state index contributed by atoms with van der Waals surface area (Å²) in [6.45, 7) is 9.17. The van der Waals surface area contributed by atoms with Crippen molar-refractivity contribution >= 4 is 60.8 Å². The van der Waals surface area contributed by atoms with E-state index in [1.54, 1.807) is 36.6 Å². The molecule has 3 atom stereocenters. The van der Waals surface area contributed by atoms with Crippen molar-refractivity contribution in [1.82, 2.24) is 14.5 Å². The number of carbonyl (C=O) groups excluding carboxylic acids is 1. The predicted octanol–water partition coefficient (Wildman–Crippen LogP) is 6.31. The number of thioether (sulfide) groups is 1. The lowest BCUT2D eigenvalue weighted by atomic mass is 9.92. The summed E-state index contributed by atoms with van der Waals surface area (Å²) in [4.78, 5) is 33.6. The van der Waals surface area contributed by atoms with Gasteiger partial charge in [0.25, 0.3) is 0 Å². The van der Waals surface area contributed by atoms with Crippen LogP contribution in [0, 0.1) is 23.0 Å². The lowest BCUT2D eigenvalue weighted by Gasteiger charge is -2.45. The van der Waals surface area contributed by atoms with Crippen molar-refractivity contribution in [2.24, 2.45) is 0 Å². The molecule has 1 unspecified atom stereocenters. The number of anilines is 2. The van der Waals surface area contributed by atoms with E-state index in [0.717, 1.165) is 17.8 Å². The van der Waals surface area contributed by atoms with Crippen molar-refractivity contribution in [3.8, 4) is 17.2 Å². The Morgan fingerprint density at radius 1 is 1.13 bits per heavy atom. The van der Waals surface area contributed by atoms with Gasteiger partial charge in [0.2, 0.25) is 5.91 Å². The molecule has 4 aromatic rings. The normalized spacial score (nSPS) is 20.1. The smallest absolute Gasteiger partial charge is 0.389 e. The van der Waals surface area contributed by atoms with Gasteiger partial charge in [0.1, 0.15) is 28.5 Å². The first kappa shape index (κ1) is 30.8. The summed E-state index contributed by atoms with van der Waals surface area (Å²) in [7, 11) is 0. The zero-order valence-electron chi connectivity index (χ0n) is 24.1. The molecule has 2 aromatic carbocycles. The molecule has 15 heteroatoms. The number of nitrogens with zero attached hydrogens (tertiary/aromatic N) is 5. The minimum absolute atomic E-state index is 0.00543. The average molecular weight is 661 g/mol. The Morgan fingerprint density at radius 3 is 2.40 bits per heavy atom. The van der Waals surface area contributed by atoms with Gasteiger partial charge >= 0.3 is 11.9 Å². The number of piperazine rings is 1. The maximum Gasteiger partial charge on any atom is 0.417 e. The lowest BCUT2D eigenvalue weighted by molar-refractivity contribution is -0.137. The molecule has 1 fully saturated rings. The molecule has 0 bridgehead atoms. The van der Waals surface area contributed by atoms with Crippen LogP contribution in [0.3, 0.4) is 0 Å². The van der Waals surface area contributed by atoms with E-state index < -0.39 is 58.3 Å². The second kappa shape index (κ2) is 10.7. The van der Waals surface area contributed by atoms with Gasteiger partial charge < -0.3 is 15.5 Å². The van der Waals surface area contributed by atoms with E-state index in [0.29, 0.717) is 17.4 Å². The van der Waals surface area contributed by atoms with Crippen LogP contribution in [0.4, 0.5) is 32.8 Å². The van der Waals surface area contributed by atoms with Crippen molar-refractivity contribution in [1.29, 1.82) is 5.26 Å². The van der Waals surface area contributed by atoms with E-state index in [-0.39, 0.29) is 67.0 Å².